The maximum atomic E-state index is 11.4. The van der Waals surface area contributed by atoms with E-state index in [1.165, 1.54) is 14.2 Å². The Morgan fingerprint density at radius 2 is 1.88 bits per heavy atom. The molecule has 0 saturated carbocycles. The molecular formula is C11H14ClNO3. The Kier molecular flexibility index (Phi) is 6.18. The van der Waals surface area contributed by atoms with E-state index in [9.17, 15) is 4.79 Å². The monoisotopic (exact) mass is 243 g/mol. The quantitative estimate of drug-likeness (QED) is 0.502. The maximum Gasteiger partial charge on any atom is 0.338 e. The first-order valence-electron chi connectivity index (χ1n) is 4.46. The van der Waals surface area contributed by atoms with Crippen molar-refractivity contribution in [1.82, 2.24) is 0 Å². The summed E-state index contributed by atoms with van der Waals surface area (Å²) < 4.78 is 9.40. The van der Waals surface area contributed by atoms with E-state index in [-0.39, 0.29) is 18.3 Å². The van der Waals surface area contributed by atoms with Crippen molar-refractivity contribution in [2.45, 2.75) is 6.42 Å². The molecule has 0 aliphatic heterocycles. The number of carbonyl (C=O) groups is 1. The molecule has 0 saturated heterocycles. The zero-order chi connectivity index (χ0) is 11.3. The van der Waals surface area contributed by atoms with E-state index in [2.05, 4.69) is 4.74 Å². The van der Waals surface area contributed by atoms with Gasteiger partial charge in [-0.3, -0.25) is 5.41 Å². The number of hydrogen-bond acceptors (Lipinski definition) is 4. The van der Waals surface area contributed by atoms with Crippen molar-refractivity contribution < 1.29 is 14.3 Å². The third kappa shape index (κ3) is 3.55. The molecule has 0 aromatic heterocycles. The fourth-order valence-electron chi connectivity index (χ4n) is 1.23. The Balaban J connectivity index is 0.00000225. The fraction of sp³-hybridized carbons (Fsp3) is 0.273. The van der Waals surface area contributed by atoms with Crippen LogP contribution in [0, 0.1) is 5.41 Å². The molecule has 16 heavy (non-hydrogen) atoms. The molecule has 0 atom stereocenters. The normalized spacial score (nSPS) is 8.88. The van der Waals surface area contributed by atoms with Gasteiger partial charge in [0.25, 0.3) is 0 Å². The highest BCUT2D eigenvalue weighted by Gasteiger charge is 2.12. The molecular weight excluding hydrogens is 230 g/mol. The number of rotatable bonds is 3. The zero-order valence-electron chi connectivity index (χ0n) is 9.15. The summed E-state index contributed by atoms with van der Waals surface area (Å²) in [5.41, 5.74) is 1.21. The lowest BCUT2D eigenvalue weighted by Crippen LogP contribution is -2.10. The van der Waals surface area contributed by atoms with Crippen LogP contribution >= 0.6 is 12.4 Å². The van der Waals surface area contributed by atoms with Crippen LogP contribution in [0.25, 0.3) is 0 Å². The molecule has 1 N–H and O–H groups in total. The second-order valence-electron chi connectivity index (χ2n) is 2.95. The Morgan fingerprint density at radius 1 is 1.25 bits per heavy atom. The van der Waals surface area contributed by atoms with Crippen molar-refractivity contribution >= 4 is 24.3 Å². The van der Waals surface area contributed by atoms with Crippen LogP contribution in [0.15, 0.2) is 24.3 Å². The molecule has 0 unspecified atom stereocenters. The smallest absolute Gasteiger partial charge is 0.338 e. The molecule has 0 aliphatic carbocycles. The third-order valence-electron chi connectivity index (χ3n) is 2.02. The summed E-state index contributed by atoms with van der Waals surface area (Å²) in [5.74, 6) is -0.277. The van der Waals surface area contributed by atoms with Crippen LogP contribution in [0.3, 0.4) is 0 Å². The molecule has 0 radical (unpaired) electrons. The average Bonchev–Trinajstić information content (AvgIpc) is 2.28. The first kappa shape index (κ1) is 14.5. The summed E-state index contributed by atoms with van der Waals surface area (Å²) >= 11 is 0. The van der Waals surface area contributed by atoms with E-state index < -0.39 is 5.97 Å². The van der Waals surface area contributed by atoms with Crippen molar-refractivity contribution in [3.63, 3.8) is 0 Å². The molecule has 4 nitrogen and oxygen atoms in total. The number of ether oxygens (including phenoxy) is 2. The van der Waals surface area contributed by atoms with E-state index in [4.69, 9.17) is 10.1 Å². The molecule has 0 aliphatic rings. The van der Waals surface area contributed by atoms with Gasteiger partial charge in [0.05, 0.1) is 19.8 Å². The number of hydrogen-bond donors (Lipinski definition) is 1. The number of esters is 1. The summed E-state index contributed by atoms with van der Waals surface area (Å²) in [6.45, 7) is 0. The summed E-state index contributed by atoms with van der Waals surface area (Å²) in [7, 11) is 2.77. The molecule has 0 heterocycles. The Labute approximate surface area is 100 Å². The van der Waals surface area contributed by atoms with Gasteiger partial charge in [0.2, 0.25) is 0 Å². The van der Waals surface area contributed by atoms with E-state index in [0.29, 0.717) is 12.0 Å². The fourth-order valence-corrected chi connectivity index (χ4v) is 1.23. The highest BCUT2D eigenvalue weighted by molar-refractivity contribution is 5.92. The van der Waals surface area contributed by atoms with Crippen LogP contribution in [0.2, 0.25) is 0 Å². The van der Waals surface area contributed by atoms with Gasteiger partial charge >= 0.3 is 5.97 Å². The third-order valence-corrected chi connectivity index (χ3v) is 2.02. The van der Waals surface area contributed by atoms with Crippen LogP contribution in [0.5, 0.6) is 0 Å². The van der Waals surface area contributed by atoms with E-state index in [1.54, 1.807) is 18.2 Å². The SMILES string of the molecule is COC(=N)Cc1ccccc1C(=O)OC.Cl. The van der Waals surface area contributed by atoms with Gasteiger partial charge in [0, 0.05) is 6.42 Å². The molecule has 1 aromatic rings. The van der Waals surface area contributed by atoms with Crippen LogP contribution in [-0.4, -0.2) is 26.1 Å². The molecule has 0 spiro atoms. The first-order chi connectivity index (χ1) is 7.19. The van der Waals surface area contributed by atoms with Crippen molar-refractivity contribution in [2.75, 3.05) is 14.2 Å². The van der Waals surface area contributed by atoms with Crippen molar-refractivity contribution in [2.24, 2.45) is 0 Å². The minimum atomic E-state index is -0.394. The highest BCUT2D eigenvalue weighted by Crippen LogP contribution is 2.11. The van der Waals surface area contributed by atoms with Gasteiger partial charge in [-0.05, 0) is 11.6 Å². The number of benzene rings is 1. The first-order valence-corrected chi connectivity index (χ1v) is 4.46. The lowest BCUT2D eigenvalue weighted by atomic mass is 10.0. The van der Waals surface area contributed by atoms with Crippen LogP contribution in [0.1, 0.15) is 15.9 Å². The van der Waals surface area contributed by atoms with Gasteiger partial charge in [-0.1, -0.05) is 18.2 Å². The van der Waals surface area contributed by atoms with Crippen molar-refractivity contribution in [3.8, 4) is 0 Å². The van der Waals surface area contributed by atoms with Gasteiger partial charge in [-0.15, -0.1) is 12.4 Å². The maximum absolute atomic E-state index is 11.4. The molecule has 5 heteroatoms. The van der Waals surface area contributed by atoms with Crippen LogP contribution in [0.4, 0.5) is 0 Å². The summed E-state index contributed by atoms with van der Waals surface area (Å²) in [5, 5.41) is 7.40. The number of nitrogens with one attached hydrogen (secondary N) is 1. The largest absolute Gasteiger partial charge is 0.484 e. The van der Waals surface area contributed by atoms with Gasteiger partial charge in [0.15, 0.2) is 5.90 Å². The standard InChI is InChI=1S/C11H13NO3.ClH/c1-14-10(12)7-8-5-3-4-6-9(8)11(13)15-2;/h3-6,12H,7H2,1-2H3;1H. The number of carbonyl (C=O) groups excluding carboxylic acids is 1. The summed E-state index contributed by atoms with van der Waals surface area (Å²) in [6.07, 6.45) is 0.293. The minimum Gasteiger partial charge on any atom is -0.484 e. The average molecular weight is 244 g/mol. The van der Waals surface area contributed by atoms with Gasteiger partial charge in [0.1, 0.15) is 0 Å². The topological polar surface area (TPSA) is 59.4 Å². The second kappa shape index (κ2) is 6.85. The minimum absolute atomic E-state index is 0. The van der Waals surface area contributed by atoms with E-state index in [1.807, 2.05) is 6.07 Å². The van der Waals surface area contributed by atoms with Gasteiger partial charge < -0.3 is 9.47 Å². The van der Waals surface area contributed by atoms with Crippen molar-refractivity contribution in [3.05, 3.63) is 35.4 Å². The molecule has 1 rings (SSSR count). The van der Waals surface area contributed by atoms with Gasteiger partial charge in [-0.2, -0.15) is 0 Å². The lowest BCUT2D eigenvalue weighted by molar-refractivity contribution is 0.0599. The molecule has 88 valence electrons. The Morgan fingerprint density at radius 3 is 2.44 bits per heavy atom. The van der Waals surface area contributed by atoms with Crippen molar-refractivity contribution in [1.29, 1.82) is 5.41 Å². The summed E-state index contributed by atoms with van der Waals surface area (Å²) in [4.78, 5) is 11.4. The predicted molar refractivity (Wildman–Crippen MR) is 63.5 cm³/mol. The van der Waals surface area contributed by atoms with Gasteiger partial charge in [-0.25, -0.2) is 4.79 Å². The molecule has 0 amide bonds. The number of halogens is 1. The Hall–Kier alpha value is -1.55. The van der Waals surface area contributed by atoms with E-state index in [0.717, 1.165) is 5.56 Å². The molecule has 1 aromatic carbocycles. The van der Waals surface area contributed by atoms with E-state index >= 15 is 0 Å². The predicted octanol–water partition coefficient (Wildman–Crippen LogP) is 2.06. The second-order valence-corrected chi connectivity index (χ2v) is 2.95. The summed E-state index contributed by atoms with van der Waals surface area (Å²) in [6, 6.07) is 7.01. The molecule has 0 fully saturated rings. The molecule has 0 bridgehead atoms. The van der Waals surface area contributed by atoms with Crippen LogP contribution in [-0.2, 0) is 15.9 Å². The number of methoxy groups -OCH3 is 2. The Bertz CT molecular complexity index is 379. The zero-order valence-corrected chi connectivity index (χ0v) is 9.97. The highest BCUT2D eigenvalue weighted by atomic mass is 35.5. The van der Waals surface area contributed by atoms with Crippen LogP contribution < -0.4 is 0 Å². The lowest BCUT2D eigenvalue weighted by Gasteiger charge is -2.07.